The molecular weight excluding hydrogens is 262 g/mol. The molecule has 0 radical (unpaired) electrons. The third kappa shape index (κ3) is 3.82. The zero-order chi connectivity index (χ0) is 14.4. The van der Waals surface area contributed by atoms with Gasteiger partial charge in [0.05, 0.1) is 25.2 Å². The molecule has 1 saturated heterocycles. The Balaban J connectivity index is 1.89. The van der Waals surface area contributed by atoms with Crippen molar-refractivity contribution >= 4 is 11.4 Å². The average molecular weight is 281 g/mol. The molecule has 110 valence electrons. The molecule has 20 heavy (non-hydrogen) atoms. The molecular formula is C13H19N3O4. The number of nitrogens with zero attached hydrogens (tertiary/aromatic N) is 2. The molecule has 0 saturated carbocycles. The Morgan fingerprint density at radius 1 is 1.45 bits per heavy atom. The molecule has 0 spiro atoms. The van der Waals surface area contributed by atoms with Crippen molar-refractivity contribution in [2.45, 2.75) is 0 Å². The number of nitro groups is 1. The van der Waals surface area contributed by atoms with Crippen molar-refractivity contribution in [2.75, 3.05) is 51.8 Å². The van der Waals surface area contributed by atoms with Gasteiger partial charge in [-0.25, -0.2) is 0 Å². The van der Waals surface area contributed by atoms with Gasteiger partial charge in [0.1, 0.15) is 0 Å². The largest absolute Gasteiger partial charge is 0.490 e. The first-order chi connectivity index (χ1) is 9.70. The Bertz CT molecular complexity index is 461. The van der Waals surface area contributed by atoms with Gasteiger partial charge in [0.15, 0.2) is 5.75 Å². The number of rotatable bonds is 6. The van der Waals surface area contributed by atoms with Crippen LogP contribution in [0.25, 0.3) is 0 Å². The maximum Gasteiger partial charge on any atom is 0.312 e. The van der Waals surface area contributed by atoms with Crippen molar-refractivity contribution in [3.8, 4) is 5.75 Å². The summed E-state index contributed by atoms with van der Waals surface area (Å²) in [6.45, 7) is 5.05. The minimum atomic E-state index is -0.439. The van der Waals surface area contributed by atoms with Gasteiger partial charge in [0.2, 0.25) is 0 Å². The van der Waals surface area contributed by atoms with Crippen molar-refractivity contribution in [2.24, 2.45) is 0 Å². The fourth-order valence-electron chi connectivity index (χ4n) is 2.13. The molecule has 1 aromatic carbocycles. The van der Waals surface area contributed by atoms with Crippen LogP contribution >= 0.6 is 0 Å². The summed E-state index contributed by atoms with van der Waals surface area (Å²) in [5.74, 6) is 0.272. The van der Waals surface area contributed by atoms with Crippen molar-refractivity contribution in [1.29, 1.82) is 0 Å². The predicted molar refractivity (Wildman–Crippen MR) is 75.4 cm³/mol. The van der Waals surface area contributed by atoms with Gasteiger partial charge in [-0.15, -0.1) is 0 Å². The highest BCUT2D eigenvalue weighted by molar-refractivity contribution is 5.58. The van der Waals surface area contributed by atoms with E-state index in [0.717, 1.165) is 45.1 Å². The minimum absolute atomic E-state index is 0.0242. The molecule has 1 fully saturated rings. The summed E-state index contributed by atoms with van der Waals surface area (Å²) in [4.78, 5) is 12.8. The lowest BCUT2D eigenvalue weighted by atomic mass is 10.2. The summed E-state index contributed by atoms with van der Waals surface area (Å²) < 4.78 is 10.3. The first-order valence-electron chi connectivity index (χ1n) is 6.57. The molecule has 1 N–H and O–H groups in total. The highest BCUT2D eigenvalue weighted by Gasteiger charge is 2.15. The molecule has 0 unspecified atom stereocenters. The van der Waals surface area contributed by atoms with Gasteiger partial charge in [-0.3, -0.25) is 15.0 Å². The normalized spacial score (nSPS) is 15.8. The van der Waals surface area contributed by atoms with Crippen molar-refractivity contribution in [1.82, 2.24) is 4.90 Å². The third-order valence-corrected chi connectivity index (χ3v) is 3.24. The van der Waals surface area contributed by atoms with E-state index < -0.39 is 4.92 Å². The minimum Gasteiger partial charge on any atom is -0.490 e. The zero-order valence-corrected chi connectivity index (χ0v) is 11.5. The molecule has 0 aliphatic carbocycles. The molecule has 0 aromatic heterocycles. The second kappa shape index (κ2) is 7.06. The molecule has 1 aliphatic heterocycles. The van der Waals surface area contributed by atoms with Crippen LogP contribution in [0.4, 0.5) is 11.4 Å². The van der Waals surface area contributed by atoms with Crippen LogP contribution in [-0.4, -0.2) is 56.3 Å². The lowest BCUT2D eigenvalue weighted by molar-refractivity contribution is -0.385. The van der Waals surface area contributed by atoms with Crippen LogP contribution in [0.3, 0.4) is 0 Å². The lowest BCUT2D eigenvalue weighted by Gasteiger charge is -2.26. The summed E-state index contributed by atoms with van der Waals surface area (Å²) in [7, 11) is 1.42. The molecule has 0 amide bonds. The van der Waals surface area contributed by atoms with Crippen molar-refractivity contribution in [3.63, 3.8) is 0 Å². The second-order valence-electron chi connectivity index (χ2n) is 4.52. The number of benzene rings is 1. The molecule has 0 atom stereocenters. The predicted octanol–water partition coefficient (Wildman–Crippen LogP) is 1.35. The Morgan fingerprint density at radius 3 is 2.85 bits per heavy atom. The monoisotopic (exact) mass is 281 g/mol. The Hall–Kier alpha value is -1.86. The van der Waals surface area contributed by atoms with E-state index >= 15 is 0 Å². The summed E-state index contributed by atoms with van der Waals surface area (Å²) in [5, 5.41) is 14.1. The zero-order valence-electron chi connectivity index (χ0n) is 11.5. The fourth-order valence-corrected chi connectivity index (χ4v) is 2.13. The smallest absolute Gasteiger partial charge is 0.312 e. The van der Waals surface area contributed by atoms with Crippen LogP contribution in [0.5, 0.6) is 5.75 Å². The molecule has 1 aromatic rings. The highest BCUT2D eigenvalue weighted by Crippen LogP contribution is 2.29. The summed E-state index contributed by atoms with van der Waals surface area (Å²) in [6.07, 6.45) is 0. The van der Waals surface area contributed by atoms with Crippen LogP contribution < -0.4 is 10.1 Å². The van der Waals surface area contributed by atoms with Crippen molar-refractivity contribution in [3.05, 3.63) is 28.3 Å². The van der Waals surface area contributed by atoms with Gasteiger partial charge in [0.25, 0.3) is 0 Å². The molecule has 1 heterocycles. The van der Waals surface area contributed by atoms with Crippen LogP contribution in [0.1, 0.15) is 0 Å². The quantitative estimate of drug-likeness (QED) is 0.626. The Morgan fingerprint density at radius 2 is 2.20 bits per heavy atom. The fraction of sp³-hybridized carbons (Fsp3) is 0.538. The molecule has 2 rings (SSSR count). The Kier molecular flexibility index (Phi) is 5.14. The number of nitro benzene ring substituents is 1. The van der Waals surface area contributed by atoms with E-state index in [1.807, 2.05) is 0 Å². The number of ether oxygens (including phenoxy) is 2. The maximum atomic E-state index is 10.9. The highest BCUT2D eigenvalue weighted by atomic mass is 16.6. The van der Waals surface area contributed by atoms with Gasteiger partial charge in [-0.1, -0.05) is 0 Å². The van der Waals surface area contributed by atoms with Crippen LogP contribution in [0.15, 0.2) is 18.2 Å². The van der Waals surface area contributed by atoms with Gasteiger partial charge in [0, 0.05) is 37.9 Å². The van der Waals surface area contributed by atoms with Gasteiger partial charge < -0.3 is 14.8 Å². The lowest BCUT2D eigenvalue weighted by Crippen LogP contribution is -2.39. The van der Waals surface area contributed by atoms with E-state index in [4.69, 9.17) is 9.47 Å². The molecule has 1 aliphatic rings. The number of hydrogen-bond acceptors (Lipinski definition) is 6. The molecule has 0 bridgehead atoms. The number of hydrogen-bond donors (Lipinski definition) is 1. The standard InChI is InChI=1S/C13H19N3O4/c1-19-13-3-2-11(10-12(13)16(17)18)14-4-5-15-6-8-20-9-7-15/h2-3,10,14H,4-9H2,1H3. The van der Waals surface area contributed by atoms with Gasteiger partial charge >= 0.3 is 5.69 Å². The van der Waals surface area contributed by atoms with E-state index in [1.165, 1.54) is 13.2 Å². The van der Waals surface area contributed by atoms with E-state index in [1.54, 1.807) is 12.1 Å². The number of nitrogens with one attached hydrogen (secondary N) is 1. The van der Waals surface area contributed by atoms with E-state index in [2.05, 4.69) is 10.2 Å². The number of methoxy groups -OCH3 is 1. The first-order valence-corrected chi connectivity index (χ1v) is 6.57. The molecule has 7 nitrogen and oxygen atoms in total. The number of anilines is 1. The van der Waals surface area contributed by atoms with Crippen LogP contribution in [-0.2, 0) is 4.74 Å². The average Bonchev–Trinajstić information content (AvgIpc) is 2.48. The van der Waals surface area contributed by atoms with E-state index in [9.17, 15) is 10.1 Å². The van der Waals surface area contributed by atoms with Crippen LogP contribution in [0, 0.1) is 10.1 Å². The van der Waals surface area contributed by atoms with Gasteiger partial charge in [-0.2, -0.15) is 0 Å². The summed E-state index contributed by atoms with van der Waals surface area (Å²) in [5.41, 5.74) is 0.703. The molecule has 7 heteroatoms. The van der Waals surface area contributed by atoms with E-state index in [-0.39, 0.29) is 11.4 Å². The Labute approximate surface area is 117 Å². The maximum absolute atomic E-state index is 10.9. The van der Waals surface area contributed by atoms with Gasteiger partial charge in [-0.05, 0) is 12.1 Å². The number of morpholine rings is 1. The first kappa shape index (κ1) is 14.5. The second-order valence-corrected chi connectivity index (χ2v) is 4.52. The van der Waals surface area contributed by atoms with Crippen molar-refractivity contribution < 1.29 is 14.4 Å². The topological polar surface area (TPSA) is 76.9 Å². The van der Waals surface area contributed by atoms with Crippen LogP contribution in [0.2, 0.25) is 0 Å². The van der Waals surface area contributed by atoms with E-state index in [0.29, 0.717) is 0 Å². The third-order valence-electron chi connectivity index (χ3n) is 3.24. The summed E-state index contributed by atoms with van der Waals surface area (Å²) in [6, 6.07) is 4.89. The SMILES string of the molecule is COc1ccc(NCCN2CCOCC2)cc1[N+](=O)[O-]. The summed E-state index contributed by atoms with van der Waals surface area (Å²) >= 11 is 0.